The lowest BCUT2D eigenvalue weighted by molar-refractivity contribution is -0.348. The van der Waals surface area contributed by atoms with Gasteiger partial charge in [-0.3, -0.25) is 14.4 Å². The van der Waals surface area contributed by atoms with Crippen LogP contribution >= 0.6 is 0 Å². The van der Waals surface area contributed by atoms with Crippen LogP contribution in [-0.2, 0) is 52.3 Å². The highest BCUT2D eigenvalue weighted by Crippen LogP contribution is 2.44. The Hall–Kier alpha value is -2.35. The van der Waals surface area contributed by atoms with E-state index in [0.29, 0.717) is 0 Å². The quantitative estimate of drug-likeness (QED) is 0.0775. The molecule has 0 aromatic rings. The maximum atomic E-state index is 13.9. The molecule has 73 heavy (non-hydrogen) atoms. The fraction of sp³-hybridized carbons (Fsp3) is 0.938. The van der Waals surface area contributed by atoms with E-state index in [0.717, 1.165) is 0 Å². The van der Waals surface area contributed by atoms with Gasteiger partial charge in [0.1, 0.15) is 74.8 Å². The number of esters is 3. The van der Waals surface area contributed by atoms with Crippen LogP contribution < -0.4 is 17.2 Å². The third-order valence-electron chi connectivity index (χ3n) is 15.9. The zero-order valence-corrected chi connectivity index (χ0v) is 44.4. The highest BCUT2D eigenvalue weighted by Gasteiger charge is 2.55. The molecule has 0 bridgehead atoms. The number of rotatable bonds is 13. The maximum absolute atomic E-state index is 13.9. The molecule has 15 atom stereocenters. The number of carbonyl (C=O) groups excluding carboxylic acids is 3. The van der Waals surface area contributed by atoms with Crippen molar-refractivity contribution in [3.8, 4) is 0 Å². The van der Waals surface area contributed by atoms with Crippen LogP contribution in [0.3, 0.4) is 0 Å². The zero-order chi connectivity index (χ0) is 54.9. The summed E-state index contributed by atoms with van der Waals surface area (Å²) in [5, 5.41) is 92.5. The molecule has 6 heterocycles. The van der Waals surface area contributed by atoms with Crippen molar-refractivity contribution in [2.24, 2.45) is 35.0 Å². The first-order valence-corrected chi connectivity index (χ1v) is 25.3. The molecule has 15 unspecified atom stereocenters. The summed E-state index contributed by atoms with van der Waals surface area (Å²) in [5.74, 6) is -3.93. The van der Waals surface area contributed by atoms with Crippen molar-refractivity contribution in [2.45, 2.75) is 247 Å². The van der Waals surface area contributed by atoms with Gasteiger partial charge in [-0.2, -0.15) is 15.2 Å². The summed E-state index contributed by atoms with van der Waals surface area (Å²) in [6.07, 6.45) is -17.9. The van der Waals surface area contributed by atoms with Crippen LogP contribution in [0, 0.1) is 17.8 Å². The molecule has 6 fully saturated rings. The van der Waals surface area contributed by atoms with Crippen LogP contribution in [0.5, 0.6) is 0 Å². The average molecular weight is 1050 g/mol. The van der Waals surface area contributed by atoms with E-state index in [1.165, 1.54) is 15.2 Å². The lowest BCUT2D eigenvalue weighted by atomic mass is 9.75. The number of hydrogen-bond acceptors (Lipinski definition) is 25. The van der Waals surface area contributed by atoms with Crippen LogP contribution in [-0.4, -0.2) is 219 Å². The molecular formula is C48H86N6O19. The smallest absolute Gasteiger partial charge is 0.309 e. The second-order valence-corrected chi connectivity index (χ2v) is 25.1. The molecule has 0 saturated carbocycles. The SMILES string of the molecule is CC1(C)CC(C(=O)OCC2OC(OC3C(COC(=O)C4CC(C)(C)N(O)C(C)(C)C4)OC(OC4C(COC(=O)C5CC(C)(C)N(O)C(C)(C)C5)OC(O)C(N)C4O)C(N)C3O)C(N)C(O)C2O)CC(C)(C)N1O. The Morgan fingerprint density at radius 2 is 0.712 bits per heavy atom. The van der Waals surface area contributed by atoms with Crippen molar-refractivity contribution in [3.05, 3.63) is 0 Å². The van der Waals surface area contributed by atoms with Gasteiger partial charge in [-0.25, -0.2) is 0 Å². The van der Waals surface area contributed by atoms with Gasteiger partial charge in [-0.1, -0.05) is 0 Å². The molecule has 0 aromatic carbocycles. The minimum atomic E-state index is -1.79. The Bertz CT molecular complexity index is 1890. The lowest BCUT2D eigenvalue weighted by Gasteiger charge is -2.51. The lowest BCUT2D eigenvalue weighted by Crippen LogP contribution is -2.69. The first-order chi connectivity index (χ1) is 33.4. The number of aliphatic hydroxyl groups is 5. The monoisotopic (exact) mass is 1050 g/mol. The first-order valence-electron chi connectivity index (χ1n) is 25.3. The predicted octanol–water partition coefficient (Wildman–Crippen LogP) is -1.05. The van der Waals surface area contributed by atoms with E-state index < -0.39 is 181 Å². The molecule has 0 aromatic heterocycles. The van der Waals surface area contributed by atoms with Crippen molar-refractivity contribution < 1.29 is 93.4 Å². The van der Waals surface area contributed by atoms with Crippen LogP contribution in [0.1, 0.15) is 122 Å². The molecule has 6 aliphatic heterocycles. The highest BCUT2D eigenvalue weighted by atomic mass is 16.7. The van der Waals surface area contributed by atoms with Crippen LogP contribution in [0.15, 0.2) is 0 Å². The number of hydrogen-bond donors (Lipinski definition) is 11. The van der Waals surface area contributed by atoms with E-state index in [-0.39, 0.29) is 38.5 Å². The molecular weight excluding hydrogens is 965 g/mol. The van der Waals surface area contributed by atoms with E-state index in [9.17, 15) is 55.5 Å². The van der Waals surface area contributed by atoms with Gasteiger partial charge < -0.3 is 96.3 Å². The Morgan fingerprint density at radius 3 is 1.05 bits per heavy atom. The van der Waals surface area contributed by atoms with Gasteiger partial charge in [0.15, 0.2) is 18.9 Å². The van der Waals surface area contributed by atoms with E-state index in [1.807, 2.05) is 0 Å². The normalized spacial score (nSPS) is 40.4. The minimum Gasteiger partial charge on any atom is -0.463 e. The maximum Gasteiger partial charge on any atom is 0.309 e. The van der Waals surface area contributed by atoms with E-state index in [4.69, 9.17) is 55.1 Å². The second-order valence-electron chi connectivity index (χ2n) is 25.1. The zero-order valence-electron chi connectivity index (χ0n) is 44.4. The van der Waals surface area contributed by atoms with Crippen LogP contribution in [0.25, 0.3) is 0 Å². The van der Waals surface area contributed by atoms with E-state index in [1.54, 1.807) is 83.1 Å². The fourth-order valence-corrected chi connectivity index (χ4v) is 12.3. The molecule has 422 valence electrons. The molecule has 25 heteroatoms. The molecule has 25 nitrogen and oxygen atoms in total. The van der Waals surface area contributed by atoms with Crippen molar-refractivity contribution in [1.29, 1.82) is 0 Å². The van der Waals surface area contributed by atoms with Crippen molar-refractivity contribution in [1.82, 2.24) is 15.2 Å². The highest BCUT2D eigenvalue weighted by molar-refractivity contribution is 5.74. The Morgan fingerprint density at radius 1 is 0.438 bits per heavy atom. The van der Waals surface area contributed by atoms with Crippen molar-refractivity contribution in [3.63, 3.8) is 0 Å². The van der Waals surface area contributed by atoms with Crippen LogP contribution in [0.4, 0.5) is 0 Å². The summed E-state index contributed by atoms with van der Waals surface area (Å²) in [6, 6.07) is -4.48. The molecule has 14 N–H and O–H groups in total. The van der Waals surface area contributed by atoms with Crippen LogP contribution in [0.2, 0.25) is 0 Å². The summed E-state index contributed by atoms with van der Waals surface area (Å²) < 4.78 is 47.8. The van der Waals surface area contributed by atoms with Gasteiger partial charge >= 0.3 is 17.9 Å². The molecule has 0 spiro atoms. The Labute approximate surface area is 427 Å². The van der Waals surface area contributed by atoms with Gasteiger partial charge in [0.05, 0.1) is 35.9 Å². The Balaban J connectivity index is 1.21. The molecule has 0 radical (unpaired) electrons. The minimum absolute atomic E-state index is 0.206. The molecule has 0 aliphatic carbocycles. The molecule has 0 amide bonds. The Kier molecular flexibility index (Phi) is 17.9. The van der Waals surface area contributed by atoms with Gasteiger partial charge in [0.25, 0.3) is 0 Å². The predicted molar refractivity (Wildman–Crippen MR) is 252 cm³/mol. The molecule has 6 rings (SSSR count). The topological polar surface area (TPSA) is 375 Å². The number of piperidine rings is 3. The number of nitrogens with two attached hydrogens (primary N) is 3. The number of ether oxygens (including phenoxy) is 8. The summed E-state index contributed by atoms with van der Waals surface area (Å²) in [7, 11) is 0. The van der Waals surface area contributed by atoms with Gasteiger partial charge in [0.2, 0.25) is 0 Å². The average Bonchev–Trinajstić information content (AvgIpc) is 3.28. The van der Waals surface area contributed by atoms with Gasteiger partial charge in [-0.05, 0) is 122 Å². The van der Waals surface area contributed by atoms with Crippen molar-refractivity contribution in [2.75, 3.05) is 19.8 Å². The number of nitrogens with zero attached hydrogens (tertiary/aromatic N) is 3. The van der Waals surface area contributed by atoms with Gasteiger partial charge in [-0.15, -0.1) is 0 Å². The number of hydroxylamine groups is 6. The second kappa shape index (κ2) is 21.8. The first kappa shape index (κ1) is 59.9. The van der Waals surface area contributed by atoms with E-state index >= 15 is 0 Å². The summed E-state index contributed by atoms with van der Waals surface area (Å²) in [5.41, 5.74) is 14.3. The summed E-state index contributed by atoms with van der Waals surface area (Å²) in [6.45, 7) is 19.7. The third kappa shape index (κ3) is 12.7. The van der Waals surface area contributed by atoms with Crippen molar-refractivity contribution >= 4 is 17.9 Å². The number of carbonyl (C=O) groups is 3. The van der Waals surface area contributed by atoms with Gasteiger partial charge in [0, 0.05) is 33.2 Å². The standard InChI is InChI=1S/C48H86N6O19/c1-43(2)13-22(14-44(3,4)52(43)63)37(59)66-19-25-31(55)32(56)29(50)41(70-25)73-36-27(21-68-39(61)24-17-47(9,10)54(65)48(11,12)18-24)71-42(30(51)34(36)58)72-35-26(69-40(62)28(49)33(35)57)20-67-38(60)23-15-45(5,6)53(64)46(7,8)16-23/h22-36,40-42,55-58,62-65H,13-21,49-51H2,1-12H3. The summed E-state index contributed by atoms with van der Waals surface area (Å²) >= 11 is 0. The fourth-order valence-electron chi connectivity index (χ4n) is 12.3. The third-order valence-corrected chi connectivity index (χ3v) is 15.9. The number of aliphatic hydroxyl groups excluding tert-OH is 5. The molecule has 6 aliphatic rings. The van der Waals surface area contributed by atoms with E-state index in [2.05, 4.69) is 0 Å². The molecule has 6 saturated heterocycles. The largest absolute Gasteiger partial charge is 0.463 e. The summed E-state index contributed by atoms with van der Waals surface area (Å²) in [4.78, 5) is 41.0.